The molecule has 35 heavy (non-hydrogen) atoms. The molecule has 1 aromatic heterocycles. The van der Waals surface area contributed by atoms with Crippen LogP contribution in [-0.2, 0) is 20.7 Å². The third-order valence-corrected chi connectivity index (χ3v) is 6.34. The highest BCUT2D eigenvalue weighted by Gasteiger charge is 2.45. The number of hydrogen-bond acceptors (Lipinski definition) is 4. The molecule has 0 radical (unpaired) electrons. The summed E-state index contributed by atoms with van der Waals surface area (Å²) in [6.07, 6.45) is -5.24. The molecule has 1 amide bonds. The van der Waals surface area contributed by atoms with Crippen LogP contribution < -0.4 is 5.32 Å². The third-order valence-electron chi connectivity index (χ3n) is 6.34. The van der Waals surface area contributed by atoms with Crippen molar-refractivity contribution in [1.29, 1.82) is 0 Å². The highest BCUT2D eigenvalue weighted by molar-refractivity contribution is 5.78. The van der Waals surface area contributed by atoms with Crippen LogP contribution in [0.25, 0.3) is 11.0 Å². The van der Waals surface area contributed by atoms with Gasteiger partial charge in [0.05, 0.1) is 35.9 Å². The van der Waals surface area contributed by atoms with E-state index in [4.69, 9.17) is 9.47 Å². The molecule has 1 heterocycles. The topological polar surface area (TPSA) is 76.2 Å². The van der Waals surface area contributed by atoms with Crippen LogP contribution in [0.3, 0.4) is 0 Å². The van der Waals surface area contributed by atoms with Crippen LogP contribution in [0.15, 0.2) is 18.2 Å². The standard InChI is InChI=1S/C24H30F5N3O3/c1-13(35-14(2)24(27,28)29)7-21-30-18-6-3-16(9-19(18)31-21)20(12-34-17-4-5-17)32-22(33)8-15-10-23(25,26)11-15/h3,6,9,13-15,17,20H,4-5,7-8,10-12H2,1-2H3,(H,30,31)(H,32,33)/t13-,14-,20-/m1/s1. The summed E-state index contributed by atoms with van der Waals surface area (Å²) >= 11 is 0. The average molecular weight is 504 g/mol. The van der Waals surface area contributed by atoms with Crippen molar-refractivity contribution >= 4 is 16.9 Å². The van der Waals surface area contributed by atoms with Crippen molar-refractivity contribution in [2.75, 3.05) is 6.61 Å². The van der Waals surface area contributed by atoms with E-state index < -0.39 is 30.3 Å². The first-order valence-corrected chi connectivity index (χ1v) is 11.9. The maximum absolute atomic E-state index is 13.1. The smallest absolute Gasteiger partial charge is 0.376 e. The van der Waals surface area contributed by atoms with E-state index >= 15 is 0 Å². The van der Waals surface area contributed by atoms with E-state index in [-0.39, 0.29) is 50.2 Å². The van der Waals surface area contributed by atoms with Crippen molar-refractivity contribution in [3.8, 4) is 0 Å². The van der Waals surface area contributed by atoms with E-state index in [1.165, 1.54) is 0 Å². The first-order chi connectivity index (χ1) is 16.4. The van der Waals surface area contributed by atoms with Gasteiger partial charge < -0.3 is 19.8 Å². The van der Waals surface area contributed by atoms with Gasteiger partial charge in [-0.25, -0.2) is 13.8 Å². The van der Waals surface area contributed by atoms with Gasteiger partial charge in [-0.1, -0.05) is 6.07 Å². The monoisotopic (exact) mass is 503 g/mol. The number of ether oxygens (including phenoxy) is 2. The van der Waals surface area contributed by atoms with Gasteiger partial charge in [0, 0.05) is 25.7 Å². The van der Waals surface area contributed by atoms with E-state index in [0.29, 0.717) is 16.9 Å². The highest BCUT2D eigenvalue weighted by atomic mass is 19.4. The zero-order valence-corrected chi connectivity index (χ0v) is 19.6. The maximum atomic E-state index is 13.1. The molecule has 0 spiro atoms. The molecular weight excluding hydrogens is 473 g/mol. The molecule has 2 fully saturated rings. The largest absolute Gasteiger partial charge is 0.414 e. The van der Waals surface area contributed by atoms with Crippen molar-refractivity contribution in [2.24, 2.45) is 5.92 Å². The molecule has 0 aliphatic heterocycles. The summed E-state index contributed by atoms with van der Waals surface area (Å²) in [7, 11) is 0. The van der Waals surface area contributed by atoms with E-state index in [2.05, 4.69) is 15.3 Å². The molecule has 11 heteroatoms. The van der Waals surface area contributed by atoms with Crippen LogP contribution in [0, 0.1) is 5.92 Å². The molecular formula is C24H30F5N3O3. The van der Waals surface area contributed by atoms with Gasteiger partial charge in [0.15, 0.2) is 6.10 Å². The zero-order chi connectivity index (χ0) is 25.4. The van der Waals surface area contributed by atoms with Crippen molar-refractivity contribution in [3.05, 3.63) is 29.6 Å². The Morgan fingerprint density at radius 1 is 1.26 bits per heavy atom. The number of nitrogens with one attached hydrogen (secondary N) is 2. The molecule has 2 saturated carbocycles. The molecule has 2 aromatic rings. The van der Waals surface area contributed by atoms with Gasteiger partial charge in [-0.15, -0.1) is 0 Å². The summed E-state index contributed by atoms with van der Waals surface area (Å²) < 4.78 is 75.3. The highest BCUT2D eigenvalue weighted by Crippen LogP contribution is 2.44. The number of alkyl halides is 5. The van der Waals surface area contributed by atoms with E-state index in [0.717, 1.165) is 25.3 Å². The Morgan fingerprint density at radius 3 is 2.60 bits per heavy atom. The van der Waals surface area contributed by atoms with Crippen LogP contribution in [0.5, 0.6) is 0 Å². The minimum Gasteiger partial charge on any atom is -0.376 e. The fourth-order valence-corrected chi connectivity index (χ4v) is 4.27. The van der Waals surface area contributed by atoms with Crippen LogP contribution in [-0.4, -0.2) is 52.9 Å². The number of nitrogens with zero attached hydrogens (tertiary/aromatic N) is 1. The minimum absolute atomic E-state index is 0.0419. The molecule has 2 N–H and O–H groups in total. The zero-order valence-electron chi connectivity index (χ0n) is 19.6. The lowest BCUT2D eigenvalue weighted by Crippen LogP contribution is -2.40. The predicted octanol–water partition coefficient (Wildman–Crippen LogP) is 5.23. The predicted molar refractivity (Wildman–Crippen MR) is 118 cm³/mol. The Kier molecular flexibility index (Phi) is 7.38. The number of rotatable bonds is 11. The summed E-state index contributed by atoms with van der Waals surface area (Å²) in [6, 6.07) is 4.91. The Hall–Kier alpha value is -2.27. The summed E-state index contributed by atoms with van der Waals surface area (Å²) in [5.41, 5.74) is 2.05. The molecule has 3 atom stereocenters. The second-order valence-electron chi connectivity index (χ2n) is 9.78. The number of aromatic amines is 1. The molecule has 6 nitrogen and oxygen atoms in total. The molecule has 0 unspecified atom stereocenters. The Labute approximate surface area is 200 Å². The molecule has 1 aromatic carbocycles. The van der Waals surface area contributed by atoms with Gasteiger partial charge in [0.25, 0.3) is 0 Å². The number of halogens is 5. The second kappa shape index (κ2) is 10.0. The number of fused-ring (bicyclic) bond motifs is 1. The maximum Gasteiger partial charge on any atom is 0.414 e. The van der Waals surface area contributed by atoms with E-state index in [9.17, 15) is 26.7 Å². The fourth-order valence-electron chi connectivity index (χ4n) is 4.27. The van der Waals surface area contributed by atoms with Crippen LogP contribution in [0.2, 0.25) is 0 Å². The molecule has 4 rings (SSSR count). The number of imidazole rings is 1. The number of aromatic nitrogens is 2. The number of amides is 1. The Bertz CT molecular complexity index is 1030. The number of carbonyl (C=O) groups excluding carboxylic acids is 1. The number of hydrogen-bond donors (Lipinski definition) is 2. The third kappa shape index (κ3) is 7.13. The normalized spacial score (nSPS) is 20.9. The van der Waals surface area contributed by atoms with Crippen molar-refractivity contribution < 1.29 is 36.2 Å². The summed E-state index contributed by atoms with van der Waals surface area (Å²) in [5, 5.41) is 2.91. The second-order valence-corrected chi connectivity index (χ2v) is 9.78. The lowest BCUT2D eigenvalue weighted by Gasteiger charge is -2.34. The quantitative estimate of drug-likeness (QED) is 0.412. The van der Waals surface area contributed by atoms with Gasteiger partial charge in [0.1, 0.15) is 5.82 Å². The lowest BCUT2D eigenvalue weighted by molar-refractivity contribution is -0.224. The molecule has 0 bridgehead atoms. The van der Waals surface area contributed by atoms with E-state index in [1.54, 1.807) is 19.1 Å². The summed E-state index contributed by atoms with van der Waals surface area (Å²) in [5.74, 6) is -2.81. The van der Waals surface area contributed by atoms with Gasteiger partial charge in [-0.3, -0.25) is 4.79 Å². The summed E-state index contributed by atoms with van der Waals surface area (Å²) in [4.78, 5) is 20.1. The lowest BCUT2D eigenvalue weighted by atomic mass is 9.79. The van der Waals surface area contributed by atoms with Gasteiger partial charge in [0.2, 0.25) is 11.8 Å². The van der Waals surface area contributed by atoms with Crippen LogP contribution in [0.4, 0.5) is 22.0 Å². The Balaban J connectivity index is 1.41. The first kappa shape index (κ1) is 25.8. The van der Waals surface area contributed by atoms with Gasteiger partial charge in [-0.2, -0.15) is 13.2 Å². The SMILES string of the molecule is C[C@H](Cc1nc2ccc([C@@H](COC3CC3)NC(=O)CC3CC(F)(F)C3)cc2[nH]1)O[C@H](C)C(F)(F)F. The first-order valence-electron chi connectivity index (χ1n) is 11.9. The van der Waals surface area contributed by atoms with Gasteiger partial charge >= 0.3 is 6.18 Å². The van der Waals surface area contributed by atoms with Crippen molar-refractivity contribution in [3.63, 3.8) is 0 Å². The number of benzene rings is 1. The average Bonchev–Trinajstić information content (AvgIpc) is 3.46. The fraction of sp³-hybridized carbons (Fsp3) is 0.667. The Morgan fingerprint density at radius 2 is 1.97 bits per heavy atom. The molecule has 194 valence electrons. The van der Waals surface area contributed by atoms with Crippen molar-refractivity contribution in [2.45, 2.75) is 88.8 Å². The van der Waals surface area contributed by atoms with Gasteiger partial charge in [-0.05, 0) is 50.3 Å². The number of H-pyrrole nitrogens is 1. The molecule has 0 saturated heterocycles. The molecule has 2 aliphatic carbocycles. The molecule has 2 aliphatic rings. The van der Waals surface area contributed by atoms with Crippen LogP contribution in [0.1, 0.15) is 63.4 Å². The van der Waals surface area contributed by atoms with E-state index in [1.807, 2.05) is 6.07 Å². The number of carbonyl (C=O) groups is 1. The van der Waals surface area contributed by atoms with Crippen molar-refractivity contribution in [1.82, 2.24) is 15.3 Å². The van der Waals surface area contributed by atoms with Crippen LogP contribution >= 0.6 is 0 Å². The minimum atomic E-state index is -4.43. The summed E-state index contributed by atoms with van der Waals surface area (Å²) in [6.45, 7) is 2.78.